The van der Waals surface area contributed by atoms with E-state index >= 15 is 0 Å². The molecule has 0 spiro atoms. The molecule has 2 atom stereocenters. The van der Waals surface area contributed by atoms with E-state index in [1.165, 1.54) is 16.7 Å². The van der Waals surface area contributed by atoms with Crippen LogP contribution in [0.5, 0.6) is 0 Å². The van der Waals surface area contributed by atoms with Gasteiger partial charge in [-0.15, -0.1) is 0 Å². The summed E-state index contributed by atoms with van der Waals surface area (Å²) in [7, 11) is 2.20. The molecule has 0 nitrogen and oxygen atoms in total. The molecule has 0 heterocycles. The molecule has 0 fully saturated rings. The van der Waals surface area contributed by atoms with Crippen molar-refractivity contribution in [2.45, 2.75) is 67.1 Å². The van der Waals surface area contributed by atoms with E-state index in [-0.39, 0.29) is 5.41 Å². The Labute approximate surface area is 152 Å². The lowest BCUT2D eigenvalue weighted by Gasteiger charge is -2.38. The van der Waals surface area contributed by atoms with Crippen LogP contribution in [0.3, 0.4) is 0 Å². The maximum atomic E-state index is 4.46. The first-order chi connectivity index (χ1) is 11.3. The van der Waals surface area contributed by atoms with Gasteiger partial charge in [-0.3, -0.25) is 0 Å². The zero-order chi connectivity index (χ0) is 18.8. The lowest BCUT2D eigenvalue weighted by atomic mass is 9.66. The Morgan fingerprint density at radius 1 is 1.21 bits per heavy atom. The van der Waals surface area contributed by atoms with Gasteiger partial charge < -0.3 is 0 Å². The van der Waals surface area contributed by atoms with Crippen molar-refractivity contribution < 1.29 is 0 Å². The van der Waals surface area contributed by atoms with Gasteiger partial charge in [-0.05, 0) is 47.7 Å². The summed E-state index contributed by atoms with van der Waals surface area (Å²) >= 11 is 0. The first-order valence-electron chi connectivity index (χ1n) is 9.64. The maximum absolute atomic E-state index is 4.46. The highest BCUT2D eigenvalue weighted by Crippen LogP contribution is 2.44. The Morgan fingerprint density at radius 3 is 2.25 bits per heavy atom. The third kappa shape index (κ3) is 6.71. The molecule has 0 bridgehead atoms. The van der Waals surface area contributed by atoms with Crippen LogP contribution in [0, 0.1) is 17.3 Å². The van der Waals surface area contributed by atoms with Gasteiger partial charge in [-0.25, -0.2) is 0 Å². The van der Waals surface area contributed by atoms with Crippen LogP contribution in [0.2, 0.25) is 6.32 Å². The molecule has 134 valence electrons. The highest BCUT2D eigenvalue weighted by Gasteiger charge is 2.33. The first kappa shape index (κ1) is 22.8. The van der Waals surface area contributed by atoms with Crippen molar-refractivity contribution in [2.75, 3.05) is 0 Å². The molecule has 0 aliphatic carbocycles. The molecule has 0 saturated carbocycles. The smallest absolute Gasteiger partial charge is 0.0992 e. The molecule has 0 radical (unpaired) electrons. The minimum absolute atomic E-state index is 0.0922. The number of hydrogen-bond donors (Lipinski definition) is 0. The highest BCUT2D eigenvalue weighted by molar-refractivity contribution is 6.09. The van der Waals surface area contributed by atoms with Gasteiger partial charge in [0.2, 0.25) is 0 Å². The van der Waals surface area contributed by atoms with Crippen molar-refractivity contribution in [3.63, 3.8) is 0 Å². The predicted molar refractivity (Wildman–Crippen MR) is 115 cm³/mol. The molecule has 0 aromatic heterocycles. The molecule has 0 N–H and O–H groups in total. The number of hydrogen-bond acceptors (Lipinski definition) is 0. The van der Waals surface area contributed by atoms with Crippen molar-refractivity contribution in [3.8, 4) is 0 Å². The molecule has 0 aromatic carbocycles. The lowest BCUT2D eigenvalue weighted by molar-refractivity contribution is 0.283. The van der Waals surface area contributed by atoms with Crippen LogP contribution in [-0.2, 0) is 0 Å². The Balaban J connectivity index is 5.49. The minimum Gasteiger partial charge on any atom is -0.0992 e. The van der Waals surface area contributed by atoms with Gasteiger partial charge in [-0.2, -0.15) is 0 Å². The molecule has 2 unspecified atom stereocenters. The summed E-state index contributed by atoms with van der Waals surface area (Å²) in [5, 5.41) is 0. The third-order valence-electron chi connectivity index (χ3n) is 5.16. The maximum Gasteiger partial charge on any atom is 0.106 e. The van der Waals surface area contributed by atoms with E-state index in [0.717, 1.165) is 25.6 Å². The Hall–Kier alpha value is -1.24. The summed E-state index contributed by atoms with van der Waals surface area (Å²) in [5.74, 6) is 0.952. The normalized spacial score (nSPS) is 17.1. The topological polar surface area (TPSA) is 0 Å². The molecule has 0 saturated heterocycles. The second kappa shape index (κ2) is 11.3. The van der Waals surface area contributed by atoms with Gasteiger partial charge >= 0.3 is 0 Å². The lowest BCUT2D eigenvalue weighted by Crippen LogP contribution is -2.28. The van der Waals surface area contributed by atoms with Crippen LogP contribution >= 0.6 is 0 Å². The average Bonchev–Trinajstić information content (AvgIpc) is 2.55. The third-order valence-corrected chi connectivity index (χ3v) is 5.16. The van der Waals surface area contributed by atoms with E-state index in [1.54, 1.807) is 0 Å². The standard InChI is InChI=1S/C23H39B/c1-9-12-13-21(14-15-24)17-19(6)20(7)23(8,11-3)22(10-2)16-18(4)5/h10,12-14,16,18,20H,2,6,9,11,15,17,24H2,1,3-5,7-8H3/b13-12-,21-14+,22-16+. The van der Waals surface area contributed by atoms with Gasteiger partial charge in [0.15, 0.2) is 0 Å². The van der Waals surface area contributed by atoms with E-state index in [1.807, 2.05) is 6.08 Å². The van der Waals surface area contributed by atoms with Gasteiger partial charge in [0, 0.05) is 0 Å². The average molecular weight is 326 g/mol. The fraction of sp³-hybridized carbons (Fsp3) is 0.565. The summed E-state index contributed by atoms with van der Waals surface area (Å²) in [6.07, 6.45) is 15.4. The van der Waals surface area contributed by atoms with E-state index in [2.05, 4.69) is 86.9 Å². The van der Waals surface area contributed by atoms with Crippen LogP contribution in [-0.4, -0.2) is 7.85 Å². The molecular formula is C23H39B. The molecule has 0 aromatic rings. The van der Waals surface area contributed by atoms with Crippen molar-refractivity contribution >= 4 is 7.85 Å². The monoisotopic (exact) mass is 326 g/mol. The van der Waals surface area contributed by atoms with Crippen molar-refractivity contribution in [2.24, 2.45) is 17.3 Å². The van der Waals surface area contributed by atoms with E-state index in [9.17, 15) is 0 Å². The summed E-state index contributed by atoms with van der Waals surface area (Å²) in [5.41, 5.74) is 4.16. The van der Waals surface area contributed by atoms with Crippen molar-refractivity contribution in [1.29, 1.82) is 0 Å². The van der Waals surface area contributed by atoms with Gasteiger partial charge in [-0.1, -0.05) is 97.0 Å². The SMILES string of the molecule is BC/C=C(\C=C/CC)CC(=C)C(C)C(C)(CC)/C(C=C)=C/C(C)C. The van der Waals surface area contributed by atoms with Crippen LogP contribution < -0.4 is 0 Å². The Morgan fingerprint density at radius 2 is 1.83 bits per heavy atom. The number of rotatable bonds is 11. The Bertz CT molecular complexity index is 490. The summed E-state index contributed by atoms with van der Waals surface area (Å²) < 4.78 is 0. The molecule has 0 amide bonds. The van der Waals surface area contributed by atoms with E-state index in [4.69, 9.17) is 0 Å². The van der Waals surface area contributed by atoms with Crippen LogP contribution in [0.15, 0.2) is 60.3 Å². The molecule has 0 aliphatic rings. The Kier molecular flexibility index (Phi) is 10.8. The largest absolute Gasteiger partial charge is 0.106 e. The predicted octanol–water partition coefficient (Wildman–Crippen LogP) is 6.70. The van der Waals surface area contributed by atoms with E-state index < -0.39 is 0 Å². The summed E-state index contributed by atoms with van der Waals surface area (Å²) in [6, 6.07) is 0. The zero-order valence-electron chi connectivity index (χ0n) is 17.3. The minimum atomic E-state index is 0.0922. The summed E-state index contributed by atoms with van der Waals surface area (Å²) in [6.45, 7) is 22.2. The summed E-state index contributed by atoms with van der Waals surface area (Å²) in [4.78, 5) is 0. The van der Waals surface area contributed by atoms with Gasteiger partial charge in [0.1, 0.15) is 7.85 Å². The highest BCUT2D eigenvalue weighted by atomic mass is 14.4. The van der Waals surface area contributed by atoms with Crippen LogP contribution in [0.25, 0.3) is 0 Å². The van der Waals surface area contributed by atoms with Gasteiger partial charge in [0.05, 0.1) is 0 Å². The molecule has 24 heavy (non-hydrogen) atoms. The van der Waals surface area contributed by atoms with Gasteiger partial charge in [0.25, 0.3) is 0 Å². The molecular weight excluding hydrogens is 287 g/mol. The second-order valence-electron chi connectivity index (χ2n) is 7.40. The van der Waals surface area contributed by atoms with Crippen molar-refractivity contribution in [3.05, 3.63) is 60.3 Å². The molecule has 0 rings (SSSR count). The fourth-order valence-corrected chi connectivity index (χ4v) is 3.21. The fourth-order valence-electron chi connectivity index (χ4n) is 3.21. The van der Waals surface area contributed by atoms with Crippen molar-refractivity contribution in [1.82, 2.24) is 0 Å². The quantitative estimate of drug-likeness (QED) is 0.225. The first-order valence-corrected chi connectivity index (χ1v) is 9.64. The molecule has 1 heteroatoms. The second-order valence-corrected chi connectivity index (χ2v) is 7.40. The van der Waals surface area contributed by atoms with Crippen LogP contribution in [0.4, 0.5) is 0 Å². The molecule has 0 aliphatic heterocycles. The van der Waals surface area contributed by atoms with E-state index in [0.29, 0.717) is 11.8 Å². The van der Waals surface area contributed by atoms with Crippen LogP contribution in [0.1, 0.15) is 60.8 Å². The zero-order valence-corrected chi connectivity index (χ0v) is 17.3. The number of allylic oxidation sites excluding steroid dienone is 8.